The van der Waals surface area contributed by atoms with Crippen molar-refractivity contribution in [1.29, 1.82) is 0 Å². The first kappa shape index (κ1) is 8.87. The summed E-state index contributed by atoms with van der Waals surface area (Å²) in [7, 11) is 0. The highest BCUT2D eigenvalue weighted by molar-refractivity contribution is 14.0. The van der Waals surface area contributed by atoms with Crippen LogP contribution in [0, 0.1) is 10.1 Å². The van der Waals surface area contributed by atoms with Gasteiger partial charge in [0, 0.05) is 0 Å². The number of hydrogen-bond acceptors (Lipinski definition) is 2. The van der Waals surface area contributed by atoms with Crippen LogP contribution >= 0.6 is 24.0 Å². The first-order chi connectivity index (χ1) is 1.73. The van der Waals surface area contributed by atoms with Crippen LogP contribution in [0.3, 0.4) is 0 Å². The number of nitrogens with zero attached hydrogens (tertiary/aromatic N) is 1. The predicted octanol–water partition coefficient (Wildman–Crippen LogP) is 0.270. The van der Waals surface area contributed by atoms with Crippen LogP contribution in [-0.2, 0) is 0 Å². The molecule has 0 aliphatic heterocycles. The Kier molecular flexibility index (Phi) is 6.97. The van der Waals surface area contributed by atoms with E-state index in [-0.39, 0.29) is 24.0 Å². The van der Waals surface area contributed by atoms with Crippen LogP contribution in [0.15, 0.2) is 0 Å². The van der Waals surface area contributed by atoms with Crippen molar-refractivity contribution in [3.8, 4) is 0 Å². The molecule has 0 aromatic rings. The van der Waals surface area contributed by atoms with Gasteiger partial charge in [0.15, 0.2) is 0 Å². The minimum atomic E-state index is -1.50. The molecule has 32 valence electrons. The molecule has 0 heterocycles. The highest BCUT2D eigenvalue weighted by Crippen LogP contribution is 1.38. The normalized spacial score (nSPS) is 4.80. The molecule has 4 nitrogen and oxygen atoms in total. The second-order valence-corrected chi connectivity index (χ2v) is 0.238. The Morgan fingerprint density at radius 1 is 1.80 bits per heavy atom. The second kappa shape index (κ2) is 3.93. The standard InChI is InChI=1S/HI.HNO3/c;2-1(3)4/h1H;(H,2,3,4). The molecule has 0 aromatic heterocycles. The van der Waals surface area contributed by atoms with E-state index in [0.717, 1.165) is 0 Å². The third kappa shape index (κ3) is 2990. The molecule has 0 bridgehead atoms. The van der Waals surface area contributed by atoms with Gasteiger partial charge in [0.1, 0.15) is 0 Å². The van der Waals surface area contributed by atoms with Gasteiger partial charge in [-0.1, -0.05) is 0 Å². The summed E-state index contributed by atoms with van der Waals surface area (Å²) < 4.78 is 0. The quantitative estimate of drug-likeness (QED) is 0.339. The summed E-state index contributed by atoms with van der Waals surface area (Å²) in [6.45, 7) is 0. The molecule has 0 unspecified atom stereocenters. The number of halogens is 1. The van der Waals surface area contributed by atoms with Crippen molar-refractivity contribution < 1.29 is 10.3 Å². The molecule has 0 amide bonds. The van der Waals surface area contributed by atoms with E-state index < -0.39 is 5.09 Å². The van der Waals surface area contributed by atoms with Crippen molar-refractivity contribution in [3.05, 3.63) is 10.1 Å². The molecule has 0 saturated carbocycles. The van der Waals surface area contributed by atoms with Crippen molar-refractivity contribution in [2.24, 2.45) is 0 Å². The zero-order chi connectivity index (χ0) is 3.58. The molecule has 0 rings (SSSR count). The molecular formula is H2INO3. The summed E-state index contributed by atoms with van der Waals surface area (Å²) >= 11 is 0. The van der Waals surface area contributed by atoms with E-state index in [9.17, 15) is 0 Å². The maximum absolute atomic E-state index is 8.36. The van der Waals surface area contributed by atoms with Gasteiger partial charge in [0.05, 0.1) is 0 Å². The Morgan fingerprint density at radius 2 is 1.80 bits per heavy atom. The zero-order valence-corrected chi connectivity index (χ0v) is 4.45. The largest absolute Gasteiger partial charge is 0.328 e. The maximum Gasteiger partial charge on any atom is 0.291 e. The molecule has 0 spiro atoms. The summed E-state index contributed by atoms with van der Waals surface area (Å²) in [5.74, 6) is 0. The molecule has 5 heteroatoms. The van der Waals surface area contributed by atoms with Gasteiger partial charge in [-0.15, -0.1) is 34.1 Å². The minimum absolute atomic E-state index is 0. The molecule has 0 aliphatic carbocycles. The van der Waals surface area contributed by atoms with Gasteiger partial charge in [-0.3, -0.25) is 0 Å². The van der Waals surface area contributed by atoms with E-state index in [1.54, 1.807) is 0 Å². The second-order valence-electron chi connectivity index (χ2n) is 0.238. The fourth-order valence-electron chi connectivity index (χ4n) is 0. The van der Waals surface area contributed by atoms with E-state index in [4.69, 9.17) is 15.3 Å². The SMILES string of the molecule is I.O=[N+]([O-])O. The van der Waals surface area contributed by atoms with Gasteiger partial charge < -0.3 is 5.21 Å². The molecule has 0 radical (unpaired) electrons. The highest BCUT2D eigenvalue weighted by atomic mass is 127. The molecular weight excluding hydrogens is 189 g/mol. The lowest BCUT2D eigenvalue weighted by molar-refractivity contribution is -0.742. The van der Waals surface area contributed by atoms with E-state index in [2.05, 4.69) is 0 Å². The Bertz CT molecular complexity index is 29.9. The molecule has 1 N–H and O–H groups in total. The van der Waals surface area contributed by atoms with Crippen LogP contribution in [0.2, 0.25) is 0 Å². The van der Waals surface area contributed by atoms with Gasteiger partial charge in [-0.05, 0) is 0 Å². The molecule has 0 aromatic carbocycles. The number of rotatable bonds is 0. The predicted molar refractivity (Wildman–Crippen MR) is 24.2 cm³/mol. The Labute approximate surface area is 44.9 Å². The summed E-state index contributed by atoms with van der Waals surface area (Å²) in [6, 6.07) is 0. The van der Waals surface area contributed by atoms with E-state index in [0.29, 0.717) is 0 Å². The smallest absolute Gasteiger partial charge is 0.291 e. The third-order valence-corrected chi connectivity index (χ3v) is 0. The average Bonchev–Trinajstić information content (AvgIpc) is 0.811. The molecule has 0 saturated heterocycles. The monoisotopic (exact) mass is 191 g/mol. The lowest BCUT2D eigenvalue weighted by atomic mass is 13.1. The molecule has 5 heavy (non-hydrogen) atoms. The van der Waals surface area contributed by atoms with Crippen LogP contribution in [0.5, 0.6) is 0 Å². The Balaban J connectivity index is 0. The summed E-state index contributed by atoms with van der Waals surface area (Å²) in [6.07, 6.45) is 0. The summed E-state index contributed by atoms with van der Waals surface area (Å²) in [5, 5.41) is 13.6. The zero-order valence-electron chi connectivity index (χ0n) is 2.12. The highest BCUT2D eigenvalue weighted by Gasteiger charge is 1.65. The number of hydrogen-bond donors (Lipinski definition) is 1. The average molecular weight is 191 g/mol. The van der Waals surface area contributed by atoms with Crippen molar-refractivity contribution in [1.82, 2.24) is 0 Å². The molecule has 0 fully saturated rings. The van der Waals surface area contributed by atoms with Crippen LogP contribution in [0.4, 0.5) is 0 Å². The first-order valence-corrected chi connectivity index (χ1v) is 0.565. The topological polar surface area (TPSA) is 63.4 Å². The van der Waals surface area contributed by atoms with Gasteiger partial charge in [0.25, 0.3) is 5.09 Å². The van der Waals surface area contributed by atoms with Crippen molar-refractivity contribution in [2.45, 2.75) is 0 Å². The van der Waals surface area contributed by atoms with E-state index in [1.807, 2.05) is 0 Å². The third-order valence-electron chi connectivity index (χ3n) is 0. The van der Waals surface area contributed by atoms with Crippen molar-refractivity contribution >= 4 is 24.0 Å². The molecule has 0 atom stereocenters. The van der Waals surface area contributed by atoms with Gasteiger partial charge in [0.2, 0.25) is 0 Å². The Morgan fingerprint density at radius 3 is 1.80 bits per heavy atom. The summed E-state index contributed by atoms with van der Waals surface area (Å²) in [4.78, 5) is 8.36. The lowest BCUT2D eigenvalue weighted by Gasteiger charge is -1.56. The van der Waals surface area contributed by atoms with Crippen LogP contribution in [0.1, 0.15) is 0 Å². The van der Waals surface area contributed by atoms with Crippen LogP contribution in [0.25, 0.3) is 0 Å². The van der Waals surface area contributed by atoms with Crippen LogP contribution < -0.4 is 0 Å². The fraction of sp³-hybridized carbons (Fsp3) is 0. The summed E-state index contributed by atoms with van der Waals surface area (Å²) in [5.41, 5.74) is 0. The van der Waals surface area contributed by atoms with E-state index >= 15 is 0 Å². The van der Waals surface area contributed by atoms with E-state index in [1.165, 1.54) is 0 Å². The fourth-order valence-corrected chi connectivity index (χ4v) is 0. The minimum Gasteiger partial charge on any atom is -0.328 e. The molecule has 0 aliphatic rings. The van der Waals surface area contributed by atoms with Gasteiger partial charge in [-0.25, -0.2) is 0 Å². The Hall–Kier alpha value is -0.0700. The van der Waals surface area contributed by atoms with Gasteiger partial charge in [-0.2, -0.15) is 0 Å². The lowest BCUT2D eigenvalue weighted by Crippen LogP contribution is -1.81. The van der Waals surface area contributed by atoms with Crippen molar-refractivity contribution in [2.75, 3.05) is 0 Å². The maximum atomic E-state index is 8.36. The van der Waals surface area contributed by atoms with Crippen LogP contribution in [-0.4, -0.2) is 10.3 Å². The van der Waals surface area contributed by atoms with Gasteiger partial charge >= 0.3 is 0 Å². The first-order valence-electron chi connectivity index (χ1n) is 0.565. The van der Waals surface area contributed by atoms with Crippen molar-refractivity contribution in [3.63, 3.8) is 0 Å².